The summed E-state index contributed by atoms with van der Waals surface area (Å²) in [7, 11) is 0. The number of ketones is 2. The maximum Gasteiger partial charge on any atom is 0.244 e. The Bertz CT molecular complexity index is 826. The first kappa shape index (κ1) is 17.8. The van der Waals surface area contributed by atoms with Gasteiger partial charge in [-0.15, -0.1) is 0 Å². The first-order valence-electron chi connectivity index (χ1n) is 7.63. The van der Waals surface area contributed by atoms with Gasteiger partial charge in [-0.3, -0.25) is 9.59 Å². The maximum atomic E-state index is 12.3. The van der Waals surface area contributed by atoms with Gasteiger partial charge < -0.3 is 0 Å². The fourth-order valence-electron chi connectivity index (χ4n) is 2.41. The summed E-state index contributed by atoms with van der Waals surface area (Å²) in [6.07, 6.45) is 5.37. The molecule has 0 aliphatic carbocycles. The van der Waals surface area contributed by atoms with Crippen molar-refractivity contribution >= 4 is 43.4 Å². The summed E-state index contributed by atoms with van der Waals surface area (Å²) in [5.74, 6) is 0.0453. The monoisotopic (exact) mass is 461 g/mol. The fourth-order valence-corrected chi connectivity index (χ4v) is 2.94. The number of aromatic nitrogens is 2. The van der Waals surface area contributed by atoms with E-state index in [1.807, 2.05) is 24.3 Å². The van der Waals surface area contributed by atoms with Gasteiger partial charge in [-0.25, -0.2) is 9.13 Å². The maximum absolute atomic E-state index is 12.3. The molecule has 1 aromatic heterocycles. The average molecular weight is 463 g/mol. The second-order valence-electron chi connectivity index (χ2n) is 5.62. The highest BCUT2D eigenvalue weighted by atomic mass is 79.9. The van der Waals surface area contributed by atoms with Crippen LogP contribution in [0.3, 0.4) is 0 Å². The number of benzene rings is 2. The standard InChI is InChI=1S/C19H15Br2N2O2/c20-16-5-1-14(2-6-16)18(24)11-22-9-10-23(13-22)12-19(25)15-3-7-17(21)8-4-15/h1-10,13H,11-12H2/q+1. The zero-order valence-corrected chi connectivity index (χ0v) is 16.4. The van der Waals surface area contributed by atoms with Gasteiger partial charge in [-0.2, -0.15) is 0 Å². The first-order chi connectivity index (χ1) is 12.0. The molecule has 0 fully saturated rings. The Balaban J connectivity index is 1.64. The highest BCUT2D eigenvalue weighted by Crippen LogP contribution is 2.12. The van der Waals surface area contributed by atoms with Gasteiger partial charge in [0.1, 0.15) is 12.4 Å². The molecule has 0 aliphatic rings. The van der Waals surface area contributed by atoms with E-state index in [4.69, 9.17) is 0 Å². The van der Waals surface area contributed by atoms with E-state index in [0.29, 0.717) is 11.1 Å². The van der Waals surface area contributed by atoms with Crippen LogP contribution in [0.1, 0.15) is 20.7 Å². The second kappa shape index (κ2) is 7.89. The Hall–Kier alpha value is -2.05. The fraction of sp³-hybridized carbons (Fsp3) is 0.105. The van der Waals surface area contributed by atoms with Crippen LogP contribution in [0, 0.1) is 0 Å². The van der Waals surface area contributed by atoms with E-state index in [2.05, 4.69) is 31.9 Å². The van der Waals surface area contributed by atoms with Gasteiger partial charge in [-0.1, -0.05) is 56.1 Å². The van der Waals surface area contributed by atoms with Crippen LogP contribution >= 0.6 is 31.9 Å². The topological polar surface area (TPSA) is 43.0 Å². The van der Waals surface area contributed by atoms with E-state index in [9.17, 15) is 9.59 Å². The van der Waals surface area contributed by atoms with Gasteiger partial charge >= 0.3 is 0 Å². The first-order valence-corrected chi connectivity index (χ1v) is 9.22. The molecule has 4 nitrogen and oxygen atoms in total. The number of halogens is 2. The van der Waals surface area contributed by atoms with Gasteiger partial charge in [0.2, 0.25) is 17.9 Å². The molecule has 3 aromatic rings. The van der Waals surface area contributed by atoms with Crippen molar-refractivity contribution in [2.75, 3.05) is 0 Å². The van der Waals surface area contributed by atoms with Crippen LogP contribution in [0.25, 0.3) is 0 Å². The van der Waals surface area contributed by atoms with E-state index in [0.717, 1.165) is 8.95 Å². The molecule has 0 N–H and O–H groups in total. The summed E-state index contributed by atoms with van der Waals surface area (Å²) < 4.78 is 5.43. The Morgan fingerprint density at radius 2 is 1.36 bits per heavy atom. The third kappa shape index (κ3) is 4.74. The van der Waals surface area contributed by atoms with Crippen LogP contribution in [0.4, 0.5) is 0 Å². The molecule has 0 radical (unpaired) electrons. The number of carbonyl (C=O) groups excluding carboxylic acids is 2. The molecule has 0 bridgehead atoms. The van der Waals surface area contributed by atoms with E-state index in [1.54, 1.807) is 52.1 Å². The molecule has 6 heteroatoms. The van der Waals surface area contributed by atoms with Crippen LogP contribution in [0.5, 0.6) is 0 Å². The van der Waals surface area contributed by atoms with Crippen molar-refractivity contribution in [3.05, 3.63) is 87.3 Å². The number of nitrogens with zero attached hydrogens (tertiary/aromatic N) is 2. The lowest BCUT2D eigenvalue weighted by Gasteiger charge is -2.00. The smallest absolute Gasteiger partial charge is 0.244 e. The number of imidazole rings is 1. The van der Waals surface area contributed by atoms with E-state index in [1.165, 1.54) is 0 Å². The van der Waals surface area contributed by atoms with Crippen LogP contribution < -0.4 is 4.57 Å². The molecule has 0 saturated heterocycles. The lowest BCUT2D eigenvalue weighted by Crippen LogP contribution is -2.36. The summed E-state index contributed by atoms with van der Waals surface area (Å²) in [6, 6.07) is 14.6. The quantitative estimate of drug-likeness (QED) is 0.409. The SMILES string of the molecule is O=C(Cn1cc[n+](CC(=O)c2ccc(Br)cc2)c1)c1ccc(Br)cc1. The minimum Gasteiger partial charge on any atom is -0.290 e. The predicted octanol–water partition coefficient (Wildman–Crippen LogP) is 4.07. The van der Waals surface area contributed by atoms with Crippen molar-refractivity contribution in [2.24, 2.45) is 0 Å². The highest BCUT2D eigenvalue weighted by Gasteiger charge is 2.14. The molecule has 25 heavy (non-hydrogen) atoms. The summed E-state index contributed by atoms with van der Waals surface area (Å²) in [5.41, 5.74) is 1.32. The Morgan fingerprint density at radius 3 is 1.92 bits per heavy atom. The van der Waals surface area contributed by atoms with E-state index >= 15 is 0 Å². The molecule has 3 rings (SSSR count). The third-order valence-electron chi connectivity index (χ3n) is 3.73. The minimum absolute atomic E-state index is 0.0227. The zero-order chi connectivity index (χ0) is 17.8. The lowest BCUT2D eigenvalue weighted by molar-refractivity contribution is -0.682. The summed E-state index contributed by atoms with van der Waals surface area (Å²) in [6.45, 7) is 0.474. The largest absolute Gasteiger partial charge is 0.290 e. The Kier molecular flexibility index (Phi) is 5.60. The van der Waals surface area contributed by atoms with Crippen LogP contribution in [-0.2, 0) is 13.1 Å². The molecule has 0 atom stereocenters. The highest BCUT2D eigenvalue weighted by molar-refractivity contribution is 9.10. The number of rotatable bonds is 6. The Labute approximate surface area is 162 Å². The molecule has 0 aliphatic heterocycles. The van der Waals surface area contributed by atoms with Gasteiger partial charge in [0.25, 0.3) is 0 Å². The van der Waals surface area contributed by atoms with Gasteiger partial charge in [0.15, 0.2) is 13.1 Å². The van der Waals surface area contributed by atoms with Crippen molar-refractivity contribution in [3.8, 4) is 0 Å². The number of hydrogen-bond acceptors (Lipinski definition) is 2. The lowest BCUT2D eigenvalue weighted by atomic mass is 10.1. The molecule has 1 heterocycles. The molecular formula is C19H15Br2N2O2+. The predicted molar refractivity (Wildman–Crippen MR) is 102 cm³/mol. The van der Waals surface area contributed by atoms with Gasteiger partial charge in [-0.05, 0) is 24.3 Å². The second-order valence-corrected chi connectivity index (χ2v) is 7.45. The molecule has 0 spiro atoms. The van der Waals surface area contributed by atoms with Gasteiger partial charge in [0, 0.05) is 20.1 Å². The Morgan fingerprint density at radius 1 is 0.840 bits per heavy atom. The molecule has 0 amide bonds. The molecule has 126 valence electrons. The van der Waals surface area contributed by atoms with Crippen LogP contribution in [-0.4, -0.2) is 16.1 Å². The minimum atomic E-state index is 0.0227. The molecular weight excluding hydrogens is 448 g/mol. The zero-order valence-electron chi connectivity index (χ0n) is 13.2. The number of carbonyl (C=O) groups is 2. The van der Waals surface area contributed by atoms with E-state index in [-0.39, 0.29) is 24.7 Å². The van der Waals surface area contributed by atoms with Crippen LogP contribution in [0.2, 0.25) is 0 Å². The number of Topliss-reactive ketones (excluding diaryl/α,β-unsaturated/α-hetero) is 2. The number of hydrogen-bond donors (Lipinski definition) is 0. The van der Waals surface area contributed by atoms with E-state index < -0.39 is 0 Å². The molecule has 2 aromatic carbocycles. The van der Waals surface area contributed by atoms with Crippen molar-refractivity contribution in [2.45, 2.75) is 13.1 Å². The average Bonchev–Trinajstić information content (AvgIpc) is 3.02. The molecule has 0 unspecified atom stereocenters. The van der Waals surface area contributed by atoms with Crippen molar-refractivity contribution in [3.63, 3.8) is 0 Å². The normalized spacial score (nSPS) is 10.6. The molecule has 0 saturated carbocycles. The van der Waals surface area contributed by atoms with Crippen molar-refractivity contribution in [1.29, 1.82) is 0 Å². The van der Waals surface area contributed by atoms with Crippen LogP contribution in [0.15, 0.2) is 76.2 Å². The summed E-state index contributed by atoms with van der Waals surface area (Å²) >= 11 is 6.71. The third-order valence-corrected chi connectivity index (χ3v) is 4.79. The van der Waals surface area contributed by atoms with Gasteiger partial charge in [0.05, 0.1) is 0 Å². The summed E-state index contributed by atoms with van der Waals surface area (Å²) in [4.78, 5) is 24.6. The summed E-state index contributed by atoms with van der Waals surface area (Å²) in [5, 5.41) is 0. The van der Waals surface area contributed by atoms with Crippen molar-refractivity contribution < 1.29 is 14.2 Å². The van der Waals surface area contributed by atoms with Crippen molar-refractivity contribution in [1.82, 2.24) is 4.57 Å².